The van der Waals surface area contributed by atoms with Crippen molar-refractivity contribution >= 4 is 17.7 Å². The monoisotopic (exact) mass is 453 g/mol. The highest BCUT2D eigenvalue weighted by Crippen LogP contribution is 2.31. The van der Waals surface area contributed by atoms with Crippen LogP contribution in [0, 0.1) is 5.92 Å². The summed E-state index contributed by atoms with van der Waals surface area (Å²) in [6, 6.07) is 5.52. The molecule has 3 saturated heterocycles. The van der Waals surface area contributed by atoms with Gasteiger partial charge in [0.05, 0.1) is 0 Å². The van der Waals surface area contributed by atoms with E-state index in [4.69, 9.17) is 0 Å². The summed E-state index contributed by atoms with van der Waals surface area (Å²) in [4.78, 5) is 43.9. The number of hydrogen-bond acceptors (Lipinski definition) is 6. The van der Waals surface area contributed by atoms with E-state index in [1.807, 2.05) is 12.1 Å². The fourth-order valence-corrected chi connectivity index (χ4v) is 5.80. The van der Waals surface area contributed by atoms with Crippen molar-refractivity contribution in [1.29, 1.82) is 0 Å². The van der Waals surface area contributed by atoms with Crippen molar-refractivity contribution in [2.45, 2.75) is 51.2 Å². The molecule has 4 heterocycles. The fourth-order valence-electron chi connectivity index (χ4n) is 5.80. The number of rotatable bonds is 6. The van der Waals surface area contributed by atoms with E-state index in [0.717, 1.165) is 55.3 Å². The maximum absolute atomic E-state index is 13.3. The van der Waals surface area contributed by atoms with Gasteiger partial charge in [0.1, 0.15) is 6.04 Å². The van der Waals surface area contributed by atoms with E-state index >= 15 is 0 Å². The number of carbonyl (C=O) groups excluding carboxylic acids is 3. The second-order valence-corrected chi connectivity index (χ2v) is 9.95. The summed E-state index contributed by atoms with van der Waals surface area (Å²) >= 11 is 0. The number of likely N-dealkylation sites (tertiary alicyclic amines) is 1. The van der Waals surface area contributed by atoms with Gasteiger partial charge in [0.25, 0.3) is 5.91 Å². The number of hydrogen-bond donors (Lipinski definition) is 2. The van der Waals surface area contributed by atoms with Crippen LogP contribution in [-0.2, 0) is 22.7 Å². The Morgan fingerprint density at radius 1 is 0.939 bits per heavy atom. The van der Waals surface area contributed by atoms with Crippen molar-refractivity contribution in [3.05, 3.63) is 34.9 Å². The molecule has 1 aromatic rings. The van der Waals surface area contributed by atoms with Crippen LogP contribution in [0.2, 0.25) is 0 Å². The van der Waals surface area contributed by atoms with Crippen molar-refractivity contribution in [2.24, 2.45) is 5.92 Å². The van der Waals surface area contributed by atoms with Crippen LogP contribution in [0.25, 0.3) is 0 Å². The second kappa shape index (κ2) is 9.91. The third-order valence-electron chi connectivity index (χ3n) is 7.80. The fraction of sp³-hybridized carbons (Fsp3) is 0.640. The summed E-state index contributed by atoms with van der Waals surface area (Å²) in [5.74, 6) is 0.123. The van der Waals surface area contributed by atoms with Gasteiger partial charge in [0, 0.05) is 51.3 Å². The van der Waals surface area contributed by atoms with Gasteiger partial charge in [-0.25, -0.2) is 0 Å². The first-order valence-electron chi connectivity index (χ1n) is 12.5. The minimum absolute atomic E-state index is 0.0685. The Balaban J connectivity index is 1.16. The van der Waals surface area contributed by atoms with Crippen molar-refractivity contribution < 1.29 is 14.4 Å². The number of fused-ring (bicyclic) bond motifs is 1. The average Bonchev–Trinajstić information content (AvgIpc) is 3.16. The molecule has 8 heteroatoms. The second-order valence-electron chi connectivity index (χ2n) is 9.95. The first-order valence-corrected chi connectivity index (χ1v) is 12.5. The Hall–Kier alpha value is -2.29. The molecule has 0 spiro atoms. The van der Waals surface area contributed by atoms with E-state index < -0.39 is 6.04 Å². The van der Waals surface area contributed by atoms with Crippen LogP contribution >= 0.6 is 0 Å². The number of piperazine rings is 1. The van der Waals surface area contributed by atoms with E-state index in [9.17, 15) is 14.4 Å². The molecule has 3 amide bonds. The Labute approximate surface area is 195 Å². The van der Waals surface area contributed by atoms with Gasteiger partial charge in [-0.2, -0.15) is 0 Å². The zero-order chi connectivity index (χ0) is 22.8. The van der Waals surface area contributed by atoms with Crippen LogP contribution in [-0.4, -0.2) is 84.3 Å². The predicted octanol–water partition coefficient (Wildman–Crippen LogP) is 0.955. The molecule has 2 N–H and O–H groups in total. The molecule has 4 aliphatic rings. The van der Waals surface area contributed by atoms with Crippen LogP contribution < -0.4 is 10.6 Å². The van der Waals surface area contributed by atoms with Gasteiger partial charge in [-0.1, -0.05) is 18.2 Å². The Morgan fingerprint density at radius 2 is 1.73 bits per heavy atom. The van der Waals surface area contributed by atoms with Gasteiger partial charge >= 0.3 is 0 Å². The van der Waals surface area contributed by atoms with Gasteiger partial charge in [0.15, 0.2) is 0 Å². The normalized spacial score (nSPS) is 25.4. The van der Waals surface area contributed by atoms with Crippen molar-refractivity contribution in [3.8, 4) is 0 Å². The number of nitrogens with zero attached hydrogens (tertiary/aromatic N) is 3. The van der Waals surface area contributed by atoms with Gasteiger partial charge in [-0.15, -0.1) is 0 Å². The summed E-state index contributed by atoms with van der Waals surface area (Å²) in [5.41, 5.74) is 2.82. The summed E-state index contributed by atoms with van der Waals surface area (Å²) in [6.45, 7) is 9.14. The van der Waals surface area contributed by atoms with E-state index in [1.54, 1.807) is 4.90 Å². The summed E-state index contributed by atoms with van der Waals surface area (Å²) in [5, 5.41) is 5.80. The molecule has 0 saturated carbocycles. The van der Waals surface area contributed by atoms with Crippen molar-refractivity contribution in [3.63, 3.8) is 0 Å². The summed E-state index contributed by atoms with van der Waals surface area (Å²) in [6.07, 6.45) is 4.41. The van der Waals surface area contributed by atoms with Gasteiger partial charge < -0.3 is 15.1 Å². The predicted molar refractivity (Wildman–Crippen MR) is 124 cm³/mol. The zero-order valence-corrected chi connectivity index (χ0v) is 19.4. The standard InChI is InChI=1S/C25H35N5O3/c31-22-5-4-21(24(32)27-22)30-17-20-3-1-2-19(23(20)25(30)33)16-29-12-7-18(8-13-29)6-11-28-14-9-26-10-15-28/h1-3,18,21,26H,4-17H2,(H,27,31,32). The number of amides is 3. The lowest BCUT2D eigenvalue weighted by molar-refractivity contribution is -0.136. The minimum atomic E-state index is -0.554. The molecule has 0 bridgehead atoms. The molecule has 8 nitrogen and oxygen atoms in total. The number of carbonyl (C=O) groups is 3. The summed E-state index contributed by atoms with van der Waals surface area (Å²) in [7, 11) is 0. The van der Waals surface area contributed by atoms with Gasteiger partial charge in [-0.3, -0.25) is 24.6 Å². The smallest absolute Gasteiger partial charge is 0.255 e. The first kappa shape index (κ1) is 22.5. The van der Waals surface area contributed by atoms with Crippen LogP contribution in [0.3, 0.4) is 0 Å². The first-order chi connectivity index (χ1) is 16.1. The van der Waals surface area contributed by atoms with Crippen LogP contribution in [0.5, 0.6) is 0 Å². The lowest BCUT2D eigenvalue weighted by Gasteiger charge is -2.34. The third-order valence-corrected chi connectivity index (χ3v) is 7.80. The quantitative estimate of drug-likeness (QED) is 0.624. The molecular weight excluding hydrogens is 418 g/mol. The molecule has 1 atom stereocenters. The lowest BCUT2D eigenvalue weighted by atomic mass is 9.92. The topological polar surface area (TPSA) is 85.0 Å². The molecule has 1 aromatic carbocycles. The van der Waals surface area contributed by atoms with Gasteiger partial charge in [0.2, 0.25) is 11.8 Å². The van der Waals surface area contributed by atoms with Crippen molar-refractivity contribution in [1.82, 2.24) is 25.3 Å². The Bertz CT molecular complexity index is 905. The molecule has 0 aromatic heterocycles. The maximum atomic E-state index is 13.3. The van der Waals surface area contributed by atoms with Gasteiger partial charge in [-0.05, 0) is 62.4 Å². The van der Waals surface area contributed by atoms with E-state index in [2.05, 4.69) is 26.5 Å². The Kier molecular flexibility index (Phi) is 6.76. The number of imide groups is 1. The SMILES string of the molecule is O=C1CCC(N2Cc3cccc(CN4CCC(CCN5CCNCC5)CC4)c3C2=O)C(=O)N1. The summed E-state index contributed by atoms with van der Waals surface area (Å²) < 4.78 is 0. The Morgan fingerprint density at radius 3 is 2.48 bits per heavy atom. The lowest BCUT2D eigenvalue weighted by Crippen LogP contribution is -2.52. The highest BCUT2D eigenvalue weighted by molar-refractivity contribution is 6.05. The molecule has 0 aliphatic carbocycles. The molecule has 0 radical (unpaired) electrons. The molecule has 33 heavy (non-hydrogen) atoms. The van der Waals surface area contributed by atoms with Crippen molar-refractivity contribution in [2.75, 3.05) is 45.8 Å². The molecule has 5 rings (SSSR count). The highest BCUT2D eigenvalue weighted by Gasteiger charge is 2.40. The molecule has 178 valence electrons. The number of nitrogens with one attached hydrogen (secondary N) is 2. The largest absolute Gasteiger partial charge is 0.322 e. The molecular formula is C25H35N5O3. The molecule has 3 fully saturated rings. The number of benzene rings is 1. The molecule has 1 unspecified atom stereocenters. The zero-order valence-electron chi connectivity index (χ0n) is 19.4. The average molecular weight is 454 g/mol. The minimum Gasteiger partial charge on any atom is -0.322 e. The molecule has 4 aliphatic heterocycles. The van der Waals surface area contributed by atoms with Crippen LogP contribution in [0.1, 0.15) is 53.6 Å². The van der Waals surface area contributed by atoms with E-state index in [1.165, 1.54) is 38.9 Å². The number of piperidine rings is 2. The van der Waals surface area contributed by atoms with E-state index in [-0.39, 0.29) is 24.1 Å². The van der Waals surface area contributed by atoms with Crippen LogP contribution in [0.4, 0.5) is 0 Å². The maximum Gasteiger partial charge on any atom is 0.255 e. The van der Waals surface area contributed by atoms with Crippen LogP contribution in [0.15, 0.2) is 18.2 Å². The third kappa shape index (κ3) is 4.98. The highest BCUT2D eigenvalue weighted by atomic mass is 16.2. The van der Waals surface area contributed by atoms with E-state index in [0.29, 0.717) is 13.0 Å².